The normalized spacial score (nSPS) is 17.4. The van der Waals surface area contributed by atoms with Gasteiger partial charge in [0, 0.05) is 18.8 Å². The number of carbonyl (C=O) groups is 1. The lowest BCUT2D eigenvalue weighted by Gasteiger charge is -2.30. The van der Waals surface area contributed by atoms with Crippen LogP contribution in [-0.2, 0) is 10.0 Å². The predicted octanol–water partition coefficient (Wildman–Crippen LogP) is 3.85. The van der Waals surface area contributed by atoms with Crippen molar-refractivity contribution in [3.8, 4) is 5.69 Å². The molecule has 8 heteroatoms. The second kappa shape index (κ2) is 8.64. The summed E-state index contributed by atoms with van der Waals surface area (Å²) >= 11 is 0. The largest absolute Gasteiger partial charge is 0.322 e. The molecular weight excluding hydrogens is 412 g/mol. The monoisotopic (exact) mass is 438 g/mol. The van der Waals surface area contributed by atoms with Crippen LogP contribution in [0.2, 0.25) is 0 Å². The second-order valence-corrected chi connectivity index (χ2v) is 9.92. The van der Waals surface area contributed by atoms with Crippen LogP contribution in [0.15, 0.2) is 65.7 Å². The molecule has 4 rings (SSSR count). The van der Waals surface area contributed by atoms with E-state index in [0.29, 0.717) is 30.3 Å². The third kappa shape index (κ3) is 4.40. The molecular formula is C23H26N4O3S. The number of benzene rings is 2. The highest BCUT2D eigenvalue weighted by Gasteiger charge is 2.28. The summed E-state index contributed by atoms with van der Waals surface area (Å²) < 4.78 is 29.1. The topological polar surface area (TPSA) is 84.3 Å². The van der Waals surface area contributed by atoms with Crippen LogP contribution in [0.3, 0.4) is 0 Å². The van der Waals surface area contributed by atoms with Gasteiger partial charge in [-0.05, 0) is 62.1 Å². The molecule has 1 aromatic heterocycles. The Kier molecular flexibility index (Phi) is 5.93. The summed E-state index contributed by atoms with van der Waals surface area (Å²) in [6, 6.07) is 15.9. The first-order valence-electron chi connectivity index (χ1n) is 10.4. The van der Waals surface area contributed by atoms with Crippen molar-refractivity contribution in [2.45, 2.75) is 31.6 Å². The van der Waals surface area contributed by atoms with Crippen LogP contribution >= 0.6 is 0 Å². The van der Waals surface area contributed by atoms with Crippen molar-refractivity contribution < 1.29 is 13.2 Å². The molecule has 1 saturated heterocycles. The lowest BCUT2D eigenvalue weighted by molar-refractivity contribution is 0.102. The Labute approximate surface area is 182 Å². The molecule has 1 aliphatic heterocycles. The molecule has 3 aromatic rings. The Morgan fingerprint density at radius 2 is 1.81 bits per heavy atom. The number of carbonyl (C=O) groups excluding carboxylic acids is 1. The van der Waals surface area contributed by atoms with E-state index in [9.17, 15) is 13.2 Å². The number of nitrogens with one attached hydrogen (secondary N) is 1. The summed E-state index contributed by atoms with van der Waals surface area (Å²) in [5.74, 6) is 0.0715. The fourth-order valence-corrected chi connectivity index (χ4v) is 5.48. The minimum absolute atomic E-state index is 0.243. The van der Waals surface area contributed by atoms with Crippen LogP contribution in [0.4, 0.5) is 5.69 Å². The van der Waals surface area contributed by atoms with Gasteiger partial charge in [-0.15, -0.1) is 0 Å². The Morgan fingerprint density at radius 1 is 1.10 bits per heavy atom. The molecule has 7 nitrogen and oxygen atoms in total. The quantitative estimate of drug-likeness (QED) is 0.656. The Bertz CT molecular complexity index is 1170. The molecule has 0 spiro atoms. The zero-order valence-electron chi connectivity index (χ0n) is 17.7. The van der Waals surface area contributed by atoms with Crippen LogP contribution in [-0.4, -0.2) is 41.5 Å². The summed E-state index contributed by atoms with van der Waals surface area (Å²) in [4.78, 5) is 13.0. The van der Waals surface area contributed by atoms with Gasteiger partial charge in [0.2, 0.25) is 10.0 Å². The van der Waals surface area contributed by atoms with Gasteiger partial charge in [-0.25, -0.2) is 13.1 Å². The van der Waals surface area contributed by atoms with Crippen molar-refractivity contribution in [3.05, 3.63) is 72.1 Å². The van der Waals surface area contributed by atoms with E-state index in [2.05, 4.69) is 17.3 Å². The van der Waals surface area contributed by atoms with Gasteiger partial charge >= 0.3 is 0 Å². The number of aromatic nitrogens is 2. The summed E-state index contributed by atoms with van der Waals surface area (Å²) in [7, 11) is -3.52. The average molecular weight is 439 g/mol. The highest BCUT2D eigenvalue weighted by Crippen LogP contribution is 2.24. The van der Waals surface area contributed by atoms with E-state index in [-0.39, 0.29) is 10.8 Å². The number of hydrogen-bond donors (Lipinski definition) is 1. The number of amides is 1. The van der Waals surface area contributed by atoms with Crippen molar-refractivity contribution in [2.75, 3.05) is 18.4 Å². The molecule has 1 unspecified atom stereocenters. The number of nitrogens with zero attached hydrogens (tertiary/aromatic N) is 3. The molecule has 1 atom stereocenters. The van der Waals surface area contributed by atoms with E-state index in [1.807, 2.05) is 37.3 Å². The fraction of sp³-hybridized carbons (Fsp3) is 0.304. The molecule has 2 aromatic carbocycles. The standard InChI is InChI=1S/C23H26N4O3S/c1-17-7-6-14-26(16-17)31(29,30)21-12-10-19(11-13-21)25-23(28)22-15-24-27(18(22)2)20-8-4-3-5-9-20/h3-5,8-13,15,17H,6-7,14,16H2,1-2H3,(H,25,28). The average Bonchev–Trinajstić information content (AvgIpc) is 3.16. The van der Waals surface area contributed by atoms with E-state index in [0.717, 1.165) is 24.2 Å². The molecule has 31 heavy (non-hydrogen) atoms. The maximum absolute atomic E-state index is 12.9. The molecule has 0 bridgehead atoms. The maximum atomic E-state index is 12.9. The van der Waals surface area contributed by atoms with Crippen molar-refractivity contribution in [1.82, 2.24) is 14.1 Å². The number of piperidine rings is 1. The minimum atomic E-state index is -3.52. The number of anilines is 1. The van der Waals surface area contributed by atoms with Gasteiger partial charge in [-0.1, -0.05) is 25.1 Å². The molecule has 2 heterocycles. The Balaban J connectivity index is 1.48. The van der Waals surface area contributed by atoms with E-state index >= 15 is 0 Å². The van der Waals surface area contributed by atoms with Crippen LogP contribution in [0, 0.1) is 12.8 Å². The molecule has 0 radical (unpaired) electrons. The van der Waals surface area contributed by atoms with Crippen molar-refractivity contribution >= 4 is 21.6 Å². The van der Waals surface area contributed by atoms with E-state index in [1.165, 1.54) is 6.20 Å². The number of sulfonamides is 1. The Morgan fingerprint density at radius 3 is 2.48 bits per heavy atom. The SMILES string of the molecule is Cc1c(C(=O)Nc2ccc(S(=O)(=O)N3CCCC(C)C3)cc2)cnn1-c1ccccc1. The van der Waals surface area contributed by atoms with Gasteiger partial charge in [0.1, 0.15) is 0 Å². The molecule has 1 N–H and O–H groups in total. The second-order valence-electron chi connectivity index (χ2n) is 7.98. The lowest BCUT2D eigenvalue weighted by Crippen LogP contribution is -2.39. The van der Waals surface area contributed by atoms with E-state index < -0.39 is 10.0 Å². The van der Waals surface area contributed by atoms with Crippen molar-refractivity contribution in [1.29, 1.82) is 0 Å². The van der Waals surface area contributed by atoms with Gasteiger partial charge in [0.25, 0.3) is 5.91 Å². The van der Waals surface area contributed by atoms with Gasteiger partial charge in [0.15, 0.2) is 0 Å². The van der Waals surface area contributed by atoms with Crippen LogP contribution < -0.4 is 5.32 Å². The lowest BCUT2D eigenvalue weighted by atomic mass is 10.0. The van der Waals surface area contributed by atoms with E-state index in [4.69, 9.17) is 0 Å². The summed E-state index contributed by atoms with van der Waals surface area (Å²) in [6.45, 7) is 5.01. The van der Waals surface area contributed by atoms with Gasteiger partial charge in [-0.2, -0.15) is 9.40 Å². The van der Waals surface area contributed by atoms with Crippen molar-refractivity contribution in [2.24, 2.45) is 5.92 Å². The number of hydrogen-bond acceptors (Lipinski definition) is 4. The molecule has 0 saturated carbocycles. The summed E-state index contributed by atoms with van der Waals surface area (Å²) in [6.07, 6.45) is 3.47. The molecule has 0 aliphatic carbocycles. The highest BCUT2D eigenvalue weighted by atomic mass is 32.2. The zero-order chi connectivity index (χ0) is 22.0. The van der Waals surface area contributed by atoms with Crippen LogP contribution in [0.5, 0.6) is 0 Å². The third-order valence-electron chi connectivity index (χ3n) is 5.62. The predicted molar refractivity (Wildman–Crippen MR) is 120 cm³/mol. The maximum Gasteiger partial charge on any atom is 0.259 e. The molecule has 162 valence electrons. The molecule has 1 fully saturated rings. The number of rotatable bonds is 5. The number of para-hydroxylation sites is 1. The first-order valence-corrected chi connectivity index (χ1v) is 11.8. The summed E-state index contributed by atoms with van der Waals surface area (Å²) in [5, 5.41) is 7.15. The first kappa shape index (κ1) is 21.3. The fourth-order valence-electron chi connectivity index (χ4n) is 3.88. The summed E-state index contributed by atoms with van der Waals surface area (Å²) in [5.41, 5.74) is 2.59. The highest BCUT2D eigenvalue weighted by molar-refractivity contribution is 7.89. The first-order chi connectivity index (χ1) is 14.9. The molecule has 1 aliphatic rings. The van der Waals surface area contributed by atoms with Gasteiger partial charge < -0.3 is 5.32 Å². The molecule has 1 amide bonds. The van der Waals surface area contributed by atoms with Gasteiger partial charge in [0.05, 0.1) is 28.0 Å². The van der Waals surface area contributed by atoms with Crippen LogP contribution in [0.25, 0.3) is 5.69 Å². The minimum Gasteiger partial charge on any atom is -0.322 e. The third-order valence-corrected chi connectivity index (χ3v) is 7.50. The zero-order valence-corrected chi connectivity index (χ0v) is 18.5. The Hall–Kier alpha value is -2.97. The van der Waals surface area contributed by atoms with Crippen LogP contribution in [0.1, 0.15) is 35.8 Å². The smallest absolute Gasteiger partial charge is 0.259 e. The van der Waals surface area contributed by atoms with Crippen molar-refractivity contribution in [3.63, 3.8) is 0 Å². The van der Waals surface area contributed by atoms with E-state index in [1.54, 1.807) is 33.3 Å². The van der Waals surface area contributed by atoms with Gasteiger partial charge in [-0.3, -0.25) is 4.79 Å².